The Kier molecular flexibility index (Phi) is 2.33. The van der Waals surface area contributed by atoms with E-state index in [1.54, 1.807) is 0 Å². The fourth-order valence-corrected chi connectivity index (χ4v) is 1.65. The quantitative estimate of drug-likeness (QED) is 0.666. The third kappa shape index (κ3) is 1.93. The SMILES string of the molecule is Nc1ccc2c(CCC(=O)O)c[nH]c2c1. The predicted octanol–water partition coefficient (Wildman–Crippen LogP) is 1.77. The molecular weight excluding hydrogens is 192 g/mol. The van der Waals surface area contributed by atoms with Crippen LogP contribution in [0.25, 0.3) is 10.9 Å². The van der Waals surface area contributed by atoms with E-state index in [1.807, 2.05) is 24.4 Å². The second-order valence-electron chi connectivity index (χ2n) is 3.51. The molecule has 0 bridgehead atoms. The monoisotopic (exact) mass is 204 g/mol. The van der Waals surface area contributed by atoms with Crippen molar-refractivity contribution in [2.75, 3.05) is 5.73 Å². The second kappa shape index (κ2) is 3.65. The van der Waals surface area contributed by atoms with Crippen molar-refractivity contribution in [2.45, 2.75) is 12.8 Å². The summed E-state index contributed by atoms with van der Waals surface area (Å²) >= 11 is 0. The van der Waals surface area contributed by atoms with E-state index in [0.29, 0.717) is 12.1 Å². The number of aryl methyl sites for hydroxylation is 1. The number of nitrogen functional groups attached to an aromatic ring is 1. The number of fused-ring (bicyclic) bond motifs is 1. The smallest absolute Gasteiger partial charge is 0.303 e. The average Bonchev–Trinajstić information content (AvgIpc) is 2.57. The summed E-state index contributed by atoms with van der Waals surface area (Å²) in [6, 6.07) is 5.58. The van der Waals surface area contributed by atoms with E-state index >= 15 is 0 Å². The number of hydrogen-bond acceptors (Lipinski definition) is 2. The van der Waals surface area contributed by atoms with Crippen LogP contribution in [0.5, 0.6) is 0 Å². The molecule has 0 amide bonds. The highest BCUT2D eigenvalue weighted by Crippen LogP contribution is 2.21. The molecule has 78 valence electrons. The number of hydrogen-bond donors (Lipinski definition) is 3. The molecule has 1 heterocycles. The Labute approximate surface area is 86.7 Å². The van der Waals surface area contributed by atoms with Gasteiger partial charge in [0.25, 0.3) is 0 Å². The van der Waals surface area contributed by atoms with Crippen molar-refractivity contribution in [1.29, 1.82) is 0 Å². The topological polar surface area (TPSA) is 79.1 Å². The van der Waals surface area contributed by atoms with E-state index < -0.39 is 5.97 Å². The summed E-state index contributed by atoms with van der Waals surface area (Å²) < 4.78 is 0. The van der Waals surface area contributed by atoms with Gasteiger partial charge in [-0.1, -0.05) is 6.07 Å². The first-order valence-electron chi connectivity index (χ1n) is 4.74. The zero-order valence-electron chi connectivity index (χ0n) is 8.16. The van der Waals surface area contributed by atoms with Gasteiger partial charge in [-0.05, 0) is 24.1 Å². The van der Waals surface area contributed by atoms with Gasteiger partial charge in [0.15, 0.2) is 0 Å². The highest BCUT2D eigenvalue weighted by Gasteiger charge is 2.05. The van der Waals surface area contributed by atoms with Gasteiger partial charge in [-0.3, -0.25) is 4.79 Å². The van der Waals surface area contributed by atoms with Crippen molar-refractivity contribution in [3.63, 3.8) is 0 Å². The predicted molar refractivity (Wildman–Crippen MR) is 58.7 cm³/mol. The van der Waals surface area contributed by atoms with E-state index in [1.165, 1.54) is 0 Å². The van der Waals surface area contributed by atoms with Crippen molar-refractivity contribution >= 4 is 22.6 Å². The van der Waals surface area contributed by atoms with Gasteiger partial charge in [-0.15, -0.1) is 0 Å². The lowest BCUT2D eigenvalue weighted by atomic mass is 10.1. The molecule has 0 radical (unpaired) electrons. The van der Waals surface area contributed by atoms with Crippen LogP contribution < -0.4 is 5.73 Å². The molecule has 0 saturated carbocycles. The van der Waals surface area contributed by atoms with Gasteiger partial charge >= 0.3 is 5.97 Å². The van der Waals surface area contributed by atoms with Crippen LogP contribution in [0.3, 0.4) is 0 Å². The number of carbonyl (C=O) groups is 1. The average molecular weight is 204 g/mol. The number of aromatic amines is 1. The van der Waals surface area contributed by atoms with Crippen molar-refractivity contribution in [3.05, 3.63) is 30.0 Å². The Hall–Kier alpha value is -1.97. The fourth-order valence-electron chi connectivity index (χ4n) is 1.65. The molecule has 1 aromatic carbocycles. The minimum absolute atomic E-state index is 0.150. The zero-order chi connectivity index (χ0) is 10.8. The molecule has 4 N–H and O–H groups in total. The first-order valence-corrected chi connectivity index (χ1v) is 4.74. The van der Waals surface area contributed by atoms with Crippen molar-refractivity contribution < 1.29 is 9.90 Å². The summed E-state index contributed by atoms with van der Waals surface area (Å²) in [5.41, 5.74) is 8.32. The summed E-state index contributed by atoms with van der Waals surface area (Å²) in [6.07, 6.45) is 2.53. The number of carboxylic acid groups (broad SMARTS) is 1. The summed E-state index contributed by atoms with van der Waals surface area (Å²) in [5.74, 6) is -0.778. The lowest BCUT2D eigenvalue weighted by molar-refractivity contribution is -0.136. The minimum Gasteiger partial charge on any atom is -0.481 e. The Bertz CT molecular complexity index is 502. The Balaban J connectivity index is 2.32. The first kappa shape index (κ1) is 9.58. The van der Waals surface area contributed by atoms with E-state index in [-0.39, 0.29) is 6.42 Å². The number of aromatic nitrogens is 1. The van der Waals surface area contributed by atoms with Crippen molar-refractivity contribution in [2.24, 2.45) is 0 Å². The largest absolute Gasteiger partial charge is 0.481 e. The summed E-state index contributed by atoms with van der Waals surface area (Å²) in [5, 5.41) is 9.64. The molecule has 0 fully saturated rings. The molecule has 0 saturated heterocycles. The molecule has 4 heteroatoms. The molecule has 0 unspecified atom stereocenters. The molecule has 0 spiro atoms. The first-order chi connectivity index (χ1) is 7.16. The van der Waals surface area contributed by atoms with Crippen molar-refractivity contribution in [1.82, 2.24) is 4.98 Å². The summed E-state index contributed by atoms with van der Waals surface area (Å²) in [4.78, 5) is 13.5. The molecule has 2 aromatic rings. The molecule has 0 atom stereocenters. The maximum Gasteiger partial charge on any atom is 0.303 e. The molecule has 0 aliphatic heterocycles. The highest BCUT2D eigenvalue weighted by atomic mass is 16.4. The maximum atomic E-state index is 10.5. The van der Waals surface area contributed by atoms with E-state index in [4.69, 9.17) is 10.8 Å². The number of rotatable bonds is 3. The van der Waals surface area contributed by atoms with Crippen LogP contribution in [0.2, 0.25) is 0 Å². The maximum absolute atomic E-state index is 10.5. The third-order valence-corrected chi connectivity index (χ3v) is 2.40. The highest BCUT2D eigenvalue weighted by molar-refractivity contribution is 5.86. The van der Waals surface area contributed by atoms with Crippen LogP contribution in [0, 0.1) is 0 Å². The van der Waals surface area contributed by atoms with Gasteiger partial charge in [0, 0.05) is 29.2 Å². The number of H-pyrrole nitrogens is 1. The third-order valence-electron chi connectivity index (χ3n) is 2.40. The Morgan fingerprint density at radius 3 is 3.00 bits per heavy atom. The van der Waals surface area contributed by atoms with Gasteiger partial charge in [0.05, 0.1) is 0 Å². The Morgan fingerprint density at radius 2 is 2.27 bits per heavy atom. The standard InChI is InChI=1S/C11H12N2O2/c12-8-2-3-9-7(1-4-11(14)15)6-13-10(9)5-8/h2-3,5-6,13H,1,4,12H2,(H,14,15). The number of benzene rings is 1. The van der Waals surface area contributed by atoms with Gasteiger partial charge < -0.3 is 15.8 Å². The van der Waals surface area contributed by atoms with E-state index in [2.05, 4.69) is 4.98 Å². The lowest BCUT2D eigenvalue weighted by Gasteiger charge is -1.97. The number of aliphatic carboxylic acids is 1. The van der Waals surface area contributed by atoms with Gasteiger partial charge in [-0.25, -0.2) is 0 Å². The van der Waals surface area contributed by atoms with Crippen LogP contribution in [-0.4, -0.2) is 16.1 Å². The van der Waals surface area contributed by atoms with Crippen LogP contribution in [-0.2, 0) is 11.2 Å². The van der Waals surface area contributed by atoms with Gasteiger partial charge in [0.1, 0.15) is 0 Å². The minimum atomic E-state index is -0.778. The van der Waals surface area contributed by atoms with E-state index in [0.717, 1.165) is 16.5 Å². The molecule has 2 rings (SSSR count). The number of nitrogens with one attached hydrogen (secondary N) is 1. The lowest BCUT2D eigenvalue weighted by Crippen LogP contribution is -1.96. The van der Waals surface area contributed by atoms with Crippen LogP contribution in [0.15, 0.2) is 24.4 Å². The number of carboxylic acids is 1. The molecular formula is C11H12N2O2. The molecule has 15 heavy (non-hydrogen) atoms. The second-order valence-corrected chi connectivity index (χ2v) is 3.51. The summed E-state index contributed by atoms with van der Waals surface area (Å²) in [7, 11) is 0. The molecule has 0 aliphatic carbocycles. The van der Waals surface area contributed by atoms with Gasteiger partial charge in [0.2, 0.25) is 0 Å². The van der Waals surface area contributed by atoms with E-state index in [9.17, 15) is 4.79 Å². The molecule has 0 aliphatic rings. The van der Waals surface area contributed by atoms with Crippen LogP contribution in [0.4, 0.5) is 5.69 Å². The number of nitrogens with two attached hydrogens (primary N) is 1. The zero-order valence-corrected chi connectivity index (χ0v) is 8.16. The van der Waals surface area contributed by atoms with Crippen molar-refractivity contribution in [3.8, 4) is 0 Å². The fraction of sp³-hybridized carbons (Fsp3) is 0.182. The molecule has 4 nitrogen and oxygen atoms in total. The number of anilines is 1. The van der Waals surface area contributed by atoms with Crippen LogP contribution in [0.1, 0.15) is 12.0 Å². The Morgan fingerprint density at radius 1 is 1.47 bits per heavy atom. The summed E-state index contributed by atoms with van der Waals surface area (Å²) in [6.45, 7) is 0. The van der Waals surface area contributed by atoms with Crippen LogP contribution >= 0.6 is 0 Å². The molecule has 1 aromatic heterocycles. The van der Waals surface area contributed by atoms with Gasteiger partial charge in [-0.2, -0.15) is 0 Å². The normalized spacial score (nSPS) is 10.7.